The maximum Gasteiger partial charge on any atom is 0.310 e. The van der Waals surface area contributed by atoms with E-state index in [1.165, 1.54) is 6.92 Å². The topological polar surface area (TPSA) is 132 Å². The van der Waals surface area contributed by atoms with Crippen molar-refractivity contribution in [1.82, 2.24) is 0 Å². The quantitative estimate of drug-likeness (QED) is 0.553. The van der Waals surface area contributed by atoms with E-state index in [1.54, 1.807) is 0 Å². The second kappa shape index (κ2) is 5.13. The van der Waals surface area contributed by atoms with Gasteiger partial charge in [-0.2, -0.15) is 0 Å². The van der Waals surface area contributed by atoms with Crippen LogP contribution in [0.4, 0.5) is 0 Å². The molecule has 7 heteroatoms. The first-order chi connectivity index (χ1) is 12.5. The van der Waals surface area contributed by atoms with Gasteiger partial charge in [-0.1, -0.05) is 13.0 Å². The fourth-order valence-electron chi connectivity index (χ4n) is 7.72. The molecule has 4 rings (SSSR count). The standard InChI is InChI=1S/C20H26O7/c1-10-8-18-9-19(10,27)7-4-11(18)20(16(25)26)6-3-5-17(2,15(23)24)13(20)12(18)14(21)22/h11-13,27H,1,3-9H2,2H3,(H,21,22)(H,23,24)(H,25,26)/t11?,12?,13?,17-,18?,19+,20-/m1/s1. The van der Waals surface area contributed by atoms with Crippen molar-refractivity contribution in [2.24, 2.45) is 34.0 Å². The Balaban J connectivity index is 2.01. The van der Waals surface area contributed by atoms with Gasteiger partial charge in [-0.25, -0.2) is 0 Å². The summed E-state index contributed by atoms with van der Waals surface area (Å²) in [5.74, 6) is -5.97. The molecule has 0 aromatic carbocycles. The molecule has 7 atom stereocenters. The van der Waals surface area contributed by atoms with E-state index in [4.69, 9.17) is 0 Å². The van der Waals surface area contributed by atoms with E-state index in [0.29, 0.717) is 24.8 Å². The second-order valence-corrected chi connectivity index (χ2v) is 9.53. The smallest absolute Gasteiger partial charge is 0.310 e. The zero-order chi connectivity index (χ0) is 20.0. The molecule has 2 bridgehead atoms. The highest BCUT2D eigenvalue weighted by Gasteiger charge is 2.80. The number of carboxylic acid groups (broad SMARTS) is 3. The van der Waals surface area contributed by atoms with E-state index >= 15 is 0 Å². The van der Waals surface area contributed by atoms with Gasteiger partial charge in [0.2, 0.25) is 0 Å². The van der Waals surface area contributed by atoms with Crippen molar-refractivity contribution in [1.29, 1.82) is 0 Å². The Kier molecular flexibility index (Phi) is 3.51. The molecule has 0 saturated heterocycles. The van der Waals surface area contributed by atoms with Crippen molar-refractivity contribution in [2.45, 2.75) is 57.5 Å². The zero-order valence-corrected chi connectivity index (χ0v) is 15.4. The summed E-state index contributed by atoms with van der Waals surface area (Å²) >= 11 is 0. The highest BCUT2D eigenvalue weighted by atomic mass is 16.4. The molecular formula is C20H26O7. The van der Waals surface area contributed by atoms with Gasteiger partial charge in [0.05, 0.1) is 22.3 Å². The van der Waals surface area contributed by atoms with E-state index < -0.39 is 57.5 Å². The van der Waals surface area contributed by atoms with Crippen LogP contribution in [0.3, 0.4) is 0 Å². The van der Waals surface area contributed by atoms with Crippen LogP contribution in [0.25, 0.3) is 0 Å². The van der Waals surface area contributed by atoms with Crippen LogP contribution in [-0.4, -0.2) is 43.9 Å². The minimum atomic E-state index is -1.42. The number of hydrogen-bond donors (Lipinski definition) is 4. The minimum absolute atomic E-state index is 0.168. The number of hydrogen-bond acceptors (Lipinski definition) is 4. The van der Waals surface area contributed by atoms with Crippen LogP contribution in [0.15, 0.2) is 12.2 Å². The van der Waals surface area contributed by atoms with E-state index in [2.05, 4.69) is 6.58 Å². The summed E-state index contributed by atoms with van der Waals surface area (Å²) in [5.41, 5.74) is -4.36. The first-order valence-corrected chi connectivity index (χ1v) is 9.56. The molecule has 0 heterocycles. The predicted molar refractivity (Wildman–Crippen MR) is 92.8 cm³/mol. The van der Waals surface area contributed by atoms with E-state index in [9.17, 15) is 34.8 Å². The van der Waals surface area contributed by atoms with E-state index in [-0.39, 0.29) is 25.7 Å². The predicted octanol–water partition coefficient (Wildman–Crippen LogP) is 2.14. The van der Waals surface area contributed by atoms with Gasteiger partial charge in [-0.05, 0) is 62.4 Å². The fourth-order valence-corrected chi connectivity index (χ4v) is 7.72. The van der Waals surface area contributed by atoms with Crippen LogP contribution >= 0.6 is 0 Å². The number of aliphatic carboxylic acids is 3. The third kappa shape index (κ3) is 1.88. The largest absolute Gasteiger partial charge is 0.481 e. The second-order valence-electron chi connectivity index (χ2n) is 9.53. The molecule has 27 heavy (non-hydrogen) atoms. The summed E-state index contributed by atoms with van der Waals surface area (Å²) < 4.78 is 0. The van der Waals surface area contributed by atoms with Crippen LogP contribution in [0, 0.1) is 34.0 Å². The summed E-state index contributed by atoms with van der Waals surface area (Å²) in [7, 11) is 0. The lowest BCUT2D eigenvalue weighted by atomic mass is 9.52. The average molecular weight is 378 g/mol. The summed E-state index contributed by atoms with van der Waals surface area (Å²) in [6.07, 6.45) is 2.16. The number of carbonyl (C=O) groups is 3. The normalized spacial score (nSPS) is 50.7. The number of carboxylic acids is 3. The zero-order valence-electron chi connectivity index (χ0n) is 15.4. The maximum atomic E-state index is 12.7. The molecule has 148 valence electrons. The van der Waals surface area contributed by atoms with Gasteiger partial charge in [0, 0.05) is 5.92 Å². The number of fused-ring (bicyclic) bond motifs is 3. The summed E-state index contributed by atoms with van der Waals surface area (Å²) in [6, 6.07) is 0. The van der Waals surface area contributed by atoms with Crippen molar-refractivity contribution in [3.8, 4) is 0 Å². The first-order valence-electron chi connectivity index (χ1n) is 9.56. The molecule has 7 nitrogen and oxygen atoms in total. The summed E-state index contributed by atoms with van der Waals surface area (Å²) in [4.78, 5) is 37.4. The third-order valence-corrected chi connectivity index (χ3v) is 8.62. The lowest BCUT2D eigenvalue weighted by Gasteiger charge is -2.49. The van der Waals surface area contributed by atoms with Crippen LogP contribution in [-0.2, 0) is 14.4 Å². The molecule has 4 aliphatic rings. The lowest BCUT2D eigenvalue weighted by Crippen LogP contribution is -2.55. The van der Waals surface area contributed by atoms with Gasteiger partial charge < -0.3 is 20.4 Å². The van der Waals surface area contributed by atoms with E-state index in [0.717, 1.165) is 0 Å². The van der Waals surface area contributed by atoms with Gasteiger partial charge in [0.15, 0.2) is 0 Å². The molecule has 0 amide bonds. The molecule has 1 spiro atoms. The van der Waals surface area contributed by atoms with Crippen molar-refractivity contribution in [2.75, 3.05) is 0 Å². The number of aliphatic hydroxyl groups is 1. The maximum absolute atomic E-state index is 12.7. The minimum Gasteiger partial charge on any atom is -0.481 e. The van der Waals surface area contributed by atoms with E-state index in [1.807, 2.05) is 0 Å². The molecule has 0 aromatic heterocycles. The molecule has 0 aromatic rings. The molecule has 4 saturated carbocycles. The molecule has 4 aliphatic carbocycles. The van der Waals surface area contributed by atoms with Gasteiger partial charge in [0.1, 0.15) is 0 Å². The first kappa shape index (κ1) is 18.5. The summed E-state index contributed by atoms with van der Waals surface area (Å²) in [5, 5.41) is 41.5. The third-order valence-electron chi connectivity index (χ3n) is 8.62. The molecule has 0 radical (unpaired) electrons. The van der Waals surface area contributed by atoms with Crippen molar-refractivity contribution < 1.29 is 34.8 Å². The molecule has 4 unspecified atom stereocenters. The van der Waals surface area contributed by atoms with Crippen LogP contribution in [0.2, 0.25) is 0 Å². The Morgan fingerprint density at radius 3 is 2.30 bits per heavy atom. The van der Waals surface area contributed by atoms with Gasteiger partial charge in [-0.15, -0.1) is 0 Å². The Morgan fingerprint density at radius 1 is 1.07 bits per heavy atom. The SMILES string of the molecule is C=C1CC23C[C@@]1(O)CCC2[C@]1(C(=O)O)CCC[C@@](C)(C(=O)O)C1C3C(=O)O. The molecule has 4 N–H and O–H groups in total. The van der Waals surface area contributed by atoms with Gasteiger partial charge in [-0.3, -0.25) is 14.4 Å². The van der Waals surface area contributed by atoms with Crippen LogP contribution in [0.5, 0.6) is 0 Å². The molecular weight excluding hydrogens is 352 g/mol. The Bertz CT molecular complexity index is 774. The van der Waals surface area contributed by atoms with Crippen LogP contribution in [0.1, 0.15) is 51.9 Å². The molecule has 0 aliphatic heterocycles. The van der Waals surface area contributed by atoms with Crippen molar-refractivity contribution >= 4 is 17.9 Å². The average Bonchev–Trinajstić information content (AvgIpc) is 2.93. The van der Waals surface area contributed by atoms with Crippen molar-refractivity contribution in [3.05, 3.63) is 12.2 Å². The Morgan fingerprint density at radius 2 is 1.74 bits per heavy atom. The van der Waals surface area contributed by atoms with Gasteiger partial charge >= 0.3 is 17.9 Å². The van der Waals surface area contributed by atoms with Gasteiger partial charge in [0.25, 0.3) is 0 Å². The Hall–Kier alpha value is -1.89. The molecule has 4 fully saturated rings. The Labute approximate surface area is 157 Å². The lowest BCUT2D eigenvalue weighted by molar-refractivity contribution is -0.177. The fraction of sp³-hybridized carbons (Fsp3) is 0.750. The highest BCUT2D eigenvalue weighted by Crippen LogP contribution is 2.78. The number of rotatable bonds is 3. The summed E-state index contributed by atoms with van der Waals surface area (Å²) in [6.45, 7) is 5.48. The monoisotopic (exact) mass is 378 g/mol. The van der Waals surface area contributed by atoms with Crippen molar-refractivity contribution in [3.63, 3.8) is 0 Å². The highest BCUT2D eigenvalue weighted by molar-refractivity contribution is 5.86. The van der Waals surface area contributed by atoms with Crippen LogP contribution < -0.4 is 0 Å².